The lowest BCUT2D eigenvalue weighted by Gasteiger charge is -2.01. The highest BCUT2D eigenvalue weighted by atomic mass is 14.8. The molecule has 0 unspecified atom stereocenters. The third-order valence-corrected chi connectivity index (χ3v) is 2.53. The molecule has 0 aliphatic heterocycles. The van der Waals surface area contributed by atoms with E-state index in [1.165, 1.54) is 10.8 Å². The lowest BCUT2D eigenvalue weighted by molar-refractivity contribution is 1.19. The van der Waals surface area contributed by atoms with Crippen molar-refractivity contribution in [3.05, 3.63) is 48.3 Å². The highest BCUT2D eigenvalue weighted by molar-refractivity contribution is 5.94. The summed E-state index contributed by atoms with van der Waals surface area (Å²) in [7, 11) is 0. The van der Waals surface area contributed by atoms with Gasteiger partial charge in [0, 0.05) is 6.20 Å². The van der Waals surface area contributed by atoms with Crippen molar-refractivity contribution in [1.29, 1.82) is 0 Å². The van der Waals surface area contributed by atoms with E-state index in [1.807, 2.05) is 19.1 Å². The van der Waals surface area contributed by atoms with Gasteiger partial charge in [-0.2, -0.15) is 0 Å². The van der Waals surface area contributed by atoms with Crippen molar-refractivity contribution in [3.8, 4) is 0 Å². The minimum absolute atomic E-state index is 0.956. The van der Waals surface area contributed by atoms with Crippen molar-refractivity contribution >= 4 is 21.8 Å². The Morgan fingerprint density at radius 2 is 1.60 bits per heavy atom. The molecular formula is C13H10N2. The molecule has 2 heteroatoms. The van der Waals surface area contributed by atoms with Gasteiger partial charge in [-0.3, -0.25) is 4.98 Å². The van der Waals surface area contributed by atoms with Crippen LogP contribution in [-0.2, 0) is 0 Å². The van der Waals surface area contributed by atoms with E-state index >= 15 is 0 Å². The van der Waals surface area contributed by atoms with Crippen LogP contribution in [0.2, 0.25) is 0 Å². The number of aryl methyl sites for hydroxylation is 1. The molecule has 3 rings (SSSR count). The number of hydrogen-bond acceptors (Lipinski definition) is 2. The molecule has 0 N–H and O–H groups in total. The summed E-state index contributed by atoms with van der Waals surface area (Å²) < 4.78 is 0. The maximum Gasteiger partial charge on any atom is 0.0896 e. The van der Waals surface area contributed by atoms with Gasteiger partial charge in [0.15, 0.2) is 0 Å². The predicted molar refractivity (Wildman–Crippen MR) is 61.8 cm³/mol. The molecule has 1 heterocycles. The van der Waals surface area contributed by atoms with Gasteiger partial charge in [-0.25, -0.2) is 4.98 Å². The lowest BCUT2D eigenvalue weighted by atomic mass is 10.1. The summed E-state index contributed by atoms with van der Waals surface area (Å²) in [4.78, 5) is 8.83. The summed E-state index contributed by atoms with van der Waals surface area (Å²) in [6.45, 7) is 1.96. The second kappa shape index (κ2) is 3.02. The molecule has 0 amide bonds. The standard InChI is InChI=1S/C13H10N2/c1-9-8-14-12-6-10-4-2-3-5-11(10)7-13(12)15-9/h2-8H,1H3. The largest absolute Gasteiger partial charge is 0.253 e. The van der Waals surface area contributed by atoms with Crippen LogP contribution in [0.1, 0.15) is 5.69 Å². The predicted octanol–water partition coefficient (Wildman–Crippen LogP) is 3.09. The highest BCUT2D eigenvalue weighted by Crippen LogP contribution is 2.19. The highest BCUT2D eigenvalue weighted by Gasteiger charge is 1.99. The first-order chi connectivity index (χ1) is 7.33. The smallest absolute Gasteiger partial charge is 0.0896 e. The van der Waals surface area contributed by atoms with E-state index in [2.05, 4.69) is 34.2 Å². The van der Waals surface area contributed by atoms with Crippen LogP contribution in [-0.4, -0.2) is 9.97 Å². The van der Waals surface area contributed by atoms with Crippen molar-refractivity contribution in [2.75, 3.05) is 0 Å². The average Bonchev–Trinajstić information content (AvgIpc) is 2.26. The molecule has 0 radical (unpaired) electrons. The molecule has 1 aromatic heterocycles. The number of rotatable bonds is 0. The first kappa shape index (κ1) is 8.36. The van der Waals surface area contributed by atoms with Crippen LogP contribution in [0.4, 0.5) is 0 Å². The van der Waals surface area contributed by atoms with Gasteiger partial charge in [0.05, 0.1) is 16.7 Å². The van der Waals surface area contributed by atoms with Gasteiger partial charge in [0.2, 0.25) is 0 Å². The molecule has 72 valence electrons. The summed E-state index contributed by atoms with van der Waals surface area (Å²) in [6, 6.07) is 12.4. The fourth-order valence-corrected chi connectivity index (χ4v) is 1.79. The molecule has 2 nitrogen and oxygen atoms in total. The summed E-state index contributed by atoms with van der Waals surface area (Å²) >= 11 is 0. The molecule has 3 aromatic rings. The van der Waals surface area contributed by atoms with Crippen molar-refractivity contribution in [1.82, 2.24) is 9.97 Å². The van der Waals surface area contributed by atoms with Gasteiger partial charge in [0.1, 0.15) is 0 Å². The van der Waals surface area contributed by atoms with Gasteiger partial charge in [-0.15, -0.1) is 0 Å². The van der Waals surface area contributed by atoms with Gasteiger partial charge in [0.25, 0.3) is 0 Å². The van der Waals surface area contributed by atoms with E-state index in [4.69, 9.17) is 0 Å². The minimum Gasteiger partial charge on any atom is -0.253 e. The van der Waals surface area contributed by atoms with Crippen molar-refractivity contribution in [2.24, 2.45) is 0 Å². The second-order valence-corrected chi connectivity index (χ2v) is 3.70. The summed E-state index contributed by atoms with van der Waals surface area (Å²) in [5.41, 5.74) is 2.88. The van der Waals surface area contributed by atoms with Gasteiger partial charge >= 0.3 is 0 Å². The lowest BCUT2D eigenvalue weighted by Crippen LogP contribution is -1.87. The van der Waals surface area contributed by atoms with Crippen LogP contribution in [0.5, 0.6) is 0 Å². The Morgan fingerprint density at radius 1 is 0.933 bits per heavy atom. The Morgan fingerprint density at radius 3 is 2.33 bits per heavy atom. The van der Waals surface area contributed by atoms with E-state index in [1.54, 1.807) is 6.20 Å². The van der Waals surface area contributed by atoms with E-state index in [0.717, 1.165) is 16.7 Å². The summed E-state index contributed by atoms with van der Waals surface area (Å²) in [5, 5.41) is 2.42. The van der Waals surface area contributed by atoms with E-state index < -0.39 is 0 Å². The van der Waals surface area contributed by atoms with Gasteiger partial charge in [-0.1, -0.05) is 24.3 Å². The van der Waals surface area contributed by atoms with E-state index in [-0.39, 0.29) is 0 Å². The number of nitrogens with zero attached hydrogens (tertiary/aromatic N) is 2. The van der Waals surface area contributed by atoms with Crippen LogP contribution in [0, 0.1) is 6.92 Å². The first-order valence-electron chi connectivity index (χ1n) is 4.95. The van der Waals surface area contributed by atoms with Crippen LogP contribution >= 0.6 is 0 Å². The molecule has 0 atom stereocenters. The molecule has 0 fully saturated rings. The Kier molecular flexibility index (Phi) is 1.68. The molecule has 0 bridgehead atoms. The van der Waals surface area contributed by atoms with Crippen molar-refractivity contribution in [2.45, 2.75) is 6.92 Å². The zero-order valence-electron chi connectivity index (χ0n) is 8.44. The molecule has 0 saturated heterocycles. The number of hydrogen-bond donors (Lipinski definition) is 0. The Hall–Kier alpha value is -1.96. The Labute approximate surface area is 87.6 Å². The molecule has 15 heavy (non-hydrogen) atoms. The monoisotopic (exact) mass is 194 g/mol. The maximum atomic E-state index is 4.46. The first-order valence-corrected chi connectivity index (χ1v) is 4.95. The number of benzene rings is 2. The molecule has 0 aliphatic rings. The molecule has 0 saturated carbocycles. The van der Waals surface area contributed by atoms with E-state index in [9.17, 15) is 0 Å². The summed E-state index contributed by atoms with van der Waals surface area (Å²) in [6.07, 6.45) is 1.80. The fourth-order valence-electron chi connectivity index (χ4n) is 1.79. The van der Waals surface area contributed by atoms with Crippen LogP contribution < -0.4 is 0 Å². The zero-order chi connectivity index (χ0) is 10.3. The van der Waals surface area contributed by atoms with Crippen LogP contribution in [0.15, 0.2) is 42.6 Å². The second-order valence-electron chi connectivity index (χ2n) is 3.70. The van der Waals surface area contributed by atoms with Gasteiger partial charge < -0.3 is 0 Å². The third kappa shape index (κ3) is 1.34. The van der Waals surface area contributed by atoms with Crippen molar-refractivity contribution in [3.63, 3.8) is 0 Å². The molecule has 0 spiro atoms. The topological polar surface area (TPSA) is 25.8 Å². The Balaban J connectivity index is 2.47. The van der Waals surface area contributed by atoms with Crippen LogP contribution in [0.25, 0.3) is 21.8 Å². The third-order valence-electron chi connectivity index (χ3n) is 2.53. The number of aromatic nitrogens is 2. The fraction of sp³-hybridized carbons (Fsp3) is 0.0769. The normalized spacial score (nSPS) is 11.0. The van der Waals surface area contributed by atoms with E-state index in [0.29, 0.717) is 0 Å². The zero-order valence-corrected chi connectivity index (χ0v) is 8.44. The van der Waals surface area contributed by atoms with Crippen LogP contribution in [0.3, 0.4) is 0 Å². The molecule has 2 aromatic carbocycles. The van der Waals surface area contributed by atoms with Crippen molar-refractivity contribution < 1.29 is 0 Å². The average molecular weight is 194 g/mol. The maximum absolute atomic E-state index is 4.46. The van der Waals surface area contributed by atoms with Gasteiger partial charge in [-0.05, 0) is 29.8 Å². The minimum atomic E-state index is 0.956. The summed E-state index contributed by atoms with van der Waals surface area (Å²) in [5.74, 6) is 0. The Bertz CT molecular complexity index is 644. The quantitative estimate of drug-likeness (QED) is 0.514. The SMILES string of the molecule is Cc1cnc2cc3ccccc3cc2n1. The number of fused-ring (bicyclic) bond motifs is 2. The molecule has 0 aliphatic carbocycles. The molecular weight excluding hydrogens is 184 g/mol.